The summed E-state index contributed by atoms with van der Waals surface area (Å²) in [4.78, 5) is 26.3. The van der Waals surface area contributed by atoms with Crippen molar-refractivity contribution in [2.24, 2.45) is 17.3 Å². The van der Waals surface area contributed by atoms with Gasteiger partial charge in [0.05, 0.1) is 11.0 Å². The Morgan fingerprint density at radius 2 is 1.76 bits per heavy atom. The summed E-state index contributed by atoms with van der Waals surface area (Å²) in [6.45, 7) is -1.75. The first-order valence-corrected chi connectivity index (χ1v) is 13.0. The summed E-state index contributed by atoms with van der Waals surface area (Å²) in [6.07, 6.45) is 3.70. The molecule has 0 saturated heterocycles. The maximum Gasteiger partial charge on any atom is 0.402 e. The Balaban J connectivity index is 1.57. The highest BCUT2D eigenvalue weighted by molar-refractivity contribution is 7.86. The van der Waals surface area contributed by atoms with Crippen molar-refractivity contribution < 1.29 is 40.8 Å². The number of halogens is 2. The van der Waals surface area contributed by atoms with Crippen LogP contribution in [0.2, 0.25) is 0 Å². The first-order chi connectivity index (χ1) is 15.7. The third-order valence-corrected chi connectivity index (χ3v) is 8.56. The Morgan fingerprint density at radius 3 is 2.32 bits per heavy atom. The maximum atomic E-state index is 13.7. The van der Waals surface area contributed by atoms with Crippen LogP contribution in [-0.4, -0.2) is 65.9 Å². The summed E-state index contributed by atoms with van der Waals surface area (Å²) in [5.41, 5.74) is 1.33. The van der Waals surface area contributed by atoms with Crippen molar-refractivity contribution in [3.05, 3.63) is 23.3 Å². The van der Waals surface area contributed by atoms with Gasteiger partial charge in [-0.3, -0.25) is 9.35 Å². The SMILES string of the molecule is BCc1c(B)cc(B)cc1C(=O)OC12CC3CC(C1)CC(C(=O)OCC(F)(F)S(=O)(=O)O)(C3)C2. The molecule has 1 aromatic rings. The molecule has 2 unspecified atom stereocenters. The quantitative estimate of drug-likeness (QED) is 0.290. The van der Waals surface area contributed by atoms with E-state index in [0.717, 1.165) is 22.9 Å². The average molecular weight is 494 g/mol. The minimum atomic E-state index is -5.71. The summed E-state index contributed by atoms with van der Waals surface area (Å²) in [5.74, 6) is -1.22. The van der Waals surface area contributed by atoms with Crippen molar-refractivity contribution in [3.8, 4) is 0 Å². The van der Waals surface area contributed by atoms with Gasteiger partial charge in [-0.1, -0.05) is 29.4 Å². The first kappa shape index (κ1) is 25.2. The average Bonchev–Trinajstić information content (AvgIpc) is 2.69. The van der Waals surface area contributed by atoms with Crippen molar-refractivity contribution in [2.75, 3.05) is 6.61 Å². The van der Waals surface area contributed by atoms with E-state index in [1.54, 1.807) is 6.07 Å². The van der Waals surface area contributed by atoms with E-state index in [2.05, 4.69) is 0 Å². The molecule has 182 valence electrons. The molecular weight excluding hydrogens is 467 g/mol. The van der Waals surface area contributed by atoms with Gasteiger partial charge in [0.1, 0.15) is 29.1 Å². The molecule has 0 aliphatic heterocycles. The fourth-order valence-electron chi connectivity index (χ4n) is 6.81. The molecular formula is C21H27B3F2O7S. The van der Waals surface area contributed by atoms with E-state index in [9.17, 15) is 26.8 Å². The summed E-state index contributed by atoms with van der Waals surface area (Å²) in [6, 6.07) is 3.81. The van der Waals surface area contributed by atoms with Gasteiger partial charge in [-0.05, 0) is 49.5 Å². The fourth-order valence-corrected chi connectivity index (χ4v) is 7.02. The van der Waals surface area contributed by atoms with E-state index in [0.29, 0.717) is 37.6 Å². The van der Waals surface area contributed by atoms with Gasteiger partial charge in [0, 0.05) is 6.42 Å². The molecule has 0 spiro atoms. The molecule has 4 saturated carbocycles. The monoisotopic (exact) mass is 494 g/mol. The van der Waals surface area contributed by atoms with E-state index in [1.807, 2.05) is 29.6 Å². The summed E-state index contributed by atoms with van der Waals surface area (Å²) >= 11 is 0. The third kappa shape index (κ3) is 4.41. The van der Waals surface area contributed by atoms with E-state index < -0.39 is 44.9 Å². The van der Waals surface area contributed by atoms with Gasteiger partial charge < -0.3 is 9.47 Å². The molecule has 4 aliphatic rings. The number of esters is 2. The molecule has 0 aromatic heterocycles. The highest BCUT2D eigenvalue weighted by atomic mass is 32.2. The minimum absolute atomic E-state index is 0.0774. The molecule has 13 heteroatoms. The van der Waals surface area contributed by atoms with Crippen LogP contribution >= 0.6 is 0 Å². The molecule has 0 heterocycles. The fraction of sp³-hybridized carbons (Fsp3) is 0.619. The molecule has 4 aliphatic carbocycles. The molecule has 1 aromatic carbocycles. The van der Waals surface area contributed by atoms with Gasteiger partial charge in [0.25, 0.3) is 0 Å². The second kappa shape index (κ2) is 8.36. The van der Waals surface area contributed by atoms with Crippen LogP contribution in [0.25, 0.3) is 0 Å². The van der Waals surface area contributed by atoms with Crippen molar-refractivity contribution in [2.45, 2.75) is 55.7 Å². The minimum Gasteiger partial charge on any atom is -0.458 e. The van der Waals surface area contributed by atoms with Gasteiger partial charge in [0.2, 0.25) is 0 Å². The lowest BCUT2D eigenvalue weighted by Crippen LogP contribution is -2.60. The van der Waals surface area contributed by atoms with Crippen LogP contribution in [0.5, 0.6) is 0 Å². The lowest BCUT2D eigenvalue weighted by molar-refractivity contribution is -0.200. The molecule has 34 heavy (non-hydrogen) atoms. The number of rotatable bonds is 7. The van der Waals surface area contributed by atoms with Crippen molar-refractivity contribution in [1.82, 2.24) is 0 Å². The molecule has 7 nitrogen and oxygen atoms in total. The van der Waals surface area contributed by atoms with Crippen molar-refractivity contribution in [1.29, 1.82) is 0 Å². The van der Waals surface area contributed by atoms with Crippen LogP contribution in [-0.2, 0) is 30.7 Å². The Labute approximate surface area is 200 Å². The number of carbonyl (C=O) groups excluding carboxylic acids is 2. The second-order valence-electron chi connectivity index (χ2n) is 10.5. The van der Waals surface area contributed by atoms with E-state index >= 15 is 0 Å². The largest absolute Gasteiger partial charge is 0.458 e. The molecule has 4 bridgehead atoms. The van der Waals surface area contributed by atoms with E-state index in [4.69, 9.17) is 14.0 Å². The Morgan fingerprint density at radius 1 is 1.15 bits per heavy atom. The van der Waals surface area contributed by atoms with Gasteiger partial charge in [-0.2, -0.15) is 17.2 Å². The number of benzene rings is 1. The van der Waals surface area contributed by atoms with Gasteiger partial charge >= 0.3 is 27.3 Å². The van der Waals surface area contributed by atoms with E-state index in [1.165, 1.54) is 0 Å². The zero-order chi connectivity index (χ0) is 25.1. The number of hydrogen-bond donors (Lipinski definition) is 1. The van der Waals surface area contributed by atoms with Gasteiger partial charge in [0.15, 0.2) is 6.61 Å². The predicted octanol–water partition coefficient (Wildman–Crippen LogP) is -1.14. The van der Waals surface area contributed by atoms with Crippen LogP contribution in [0.3, 0.4) is 0 Å². The van der Waals surface area contributed by atoms with Gasteiger partial charge in [-0.25, -0.2) is 4.79 Å². The molecule has 0 radical (unpaired) electrons. The topological polar surface area (TPSA) is 107 Å². The molecule has 0 amide bonds. The van der Waals surface area contributed by atoms with Crippen LogP contribution in [0, 0.1) is 17.3 Å². The van der Waals surface area contributed by atoms with E-state index in [-0.39, 0.29) is 18.3 Å². The third-order valence-electron chi connectivity index (χ3n) is 7.69. The summed E-state index contributed by atoms with van der Waals surface area (Å²) in [5, 5.41) is -4.59. The number of carbonyl (C=O) groups is 2. The Kier molecular flexibility index (Phi) is 6.20. The van der Waals surface area contributed by atoms with Crippen LogP contribution in [0.4, 0.5) is 8.78 Å². The number of ether oxygens (including phenoxy) is 2. The van der Waals surface area contributed by atoms with Crippen molar-refractivity contribution >= 4 is 56.5 Å². The number of hydrogen-bond acceptors (Lipinski definition) is 6. The lowest BCUT2D eigenvalue weighted by atomic mass is 9.48. The van der Waals surface area contributed by atoms with Crippen molar-refractivity contribution in [3.63, 3.8) is 0 Å². The first-order valence-electron chi connectivity index (χ1n) is 11.5. The second-order valence-corrected chi connectivity index (χ2v) is 12.0. The zero-order valence-corrected chi connectivity index (χ0v) is 20.3. The summed E-state index contributed by atoms with van der Waals surface area (Å²) < 4.78 is 68.6. The Hall–Kier alpha value is -1.88. The molecule has 4 fully saturated rings. The normalized spacial score (nSPS) is 30.2. The van der Waals surface area contributed by atoms with Crippen LogP contribution in [0.15, 0.2) is 12.1 Å². The predicted molar refractivity (Wildman–Crippen MR) is 128 cm³/mol. The standard InChI is InChI=1S/C21H27B3F2O7S/c22-8-15-14(2-13(23)3-16(15)24)17(27)33-20-6-11-1-12(7-20)5-19(4-11,9-20)18(28)32-10-21(25,26)34(29,30)31/h2-3,11-12H,1,4-10,22-24H2,(H,29,30,31). The highest BCUT2D eigenvalue weighted by Crippen LogP contribution is 2.63. The highest BCUT2D eigenvalue weighted by Gasteiger charge is 2.63. The summed E-state index contributed by atoms with van der Waals surface area (Å²) in [7, 11) is 0.108. The van der Waals surface area contributed by atoms with Gasteiger partial charge in [-0.15, -0.1) is 0 Å². The molecule has 1 N–H and O–H groups in total. The van der Waals surface area contributed by atoms with Crippen LogP contribution in [0.1, 0.15) is 54.4 Å². The molecule has 5 rings (SSSR count). The van der Waals surface area contributed by atoms with Crippen LogP contribution < -0.4 is 10.9 Å². The number of alkyl halides is 2. The smallest absolute Gasteiger partial charge is 0.402 e. The zero-order valence-electron chi connectivity index (χ0n) is 19.5. The lowest BCUT2D eigenvalue weighted by Gasteiger charge is -2.59. The Bertz CT molecular complexity index is 1130. The maximum absolute atomic E-state index is 13.7. The molecule has 2 atom stereocenters.